The Morgan fingerprint density at radius 3 is 2.40 bits per heavy atom. The first-order valence-electron chi connectivity index (χ1n) is 8.33. The quantitative estimate of drug-likeness (QED) is 0.877. The molecule has 1 N–H and O–H groups in total. The standard InChI is InChI=1S/C16H21N7O2/c1-11(14-19-10-20-22(14)2)21-15(24)12-13(18-7-6-17-12)16(25)23-8-4-3-5-9-23/h6-7,10-11H,3-5,8-9H2,1-2H3,(H,21,24)/t11-/m1/s1. The third-order valence-corrected chi connectivity index (χ3v) is 4.24. The van der Waals surface area contributed by atoms with Crippen LogP contribution in [-0.2, 0) is 7.05 Å². The lowest BCUT2D eigenvalue weighted by atomic mass is 10.1. The molecule has 1 aliphatic heterocycles. The fourth-order valence-electron chi connectivity index (χ4n) is 2.93. The van der Waals surface area contributed by atoms with Crippen molar-refractivity contribution in [2.24, 2.45) is 7.05 Å². The van der Waals surface area contributed by atoms with E-state index in [9.17, 15) is 9.59 Å². The molecule has 2 amide bonds. The van der Waals surface area contributed by atoms with E-state index in [1.54, 1.807) is 23.6 Å². The lowest BCUT2D eigenvalue weighted by Gasteiger charge is -2.26. The molecule has 3 rings (SSSR count). The van der Waals surface area contributed by atoms with Crippen LogP contribution in [0.15, 0.2) is 18.7 Å². The van der Waals surface area contributed by atoms with E-state index in [0.29, 0.717) is 18.9 Å². The highest BCUT2D eigenvalue weighted by molar-refractivity contribution is 6.04. The van der Waals surface area contributed by atoms with Crippen molar-refractivity contribution in [3.8, 4) is 0 Å². The van der Waals surface area contributed by atoms with E-state index in [1.807, 2.05) is 0 Å². The van der Waals surface area contributed by atoms with Gasteiger partial charge in [0, 0.05) is 32.5 Å². The van der Waals surface area contributed by atoms with Crippen molar-refractivity contribution in [2.45, 2.75) is 32.2 Å². The molecule has 9 heteroatoms. The Kier molecular flexibility index (Phi) is 5.01. The average molecular weight is 343 g/mol. The molecule has 2 aromatic rings. The lowest BCUT2D eigenvalue weighted by molar-refractivity contribution is 0.0710. The minimum absolute atomic E-state index is 0.0343. The zero-order valence-electron chi connectivity index (χ0n) is 14.3. The molecule has 9 nitrogen and oxygen atoms in total. The molecular weight excluding hydrogens is 322 g/mol. The van der Waals surface area contributed by atoms with Gasteiger partial charge in [-0.1, -0.05) is 0 Å². The van der Waals surface area contributed by atoms with Crippen LogP contribution in [0, 0.1) is 0 Å². The van der Waals surface area contributed by atoms with Crippen LogP contribution in [0.3, 0.4) is 0 Å². The van der Waals surface area contributed by atoms with Crippen molar-refractivity contribution in [3.63, 3.8) is 0 Å². The van der Waals surface area contributed by atoms with Crippen molar-refractivity contribution in [1.29, 1.82) is 0 Å². The summed E-state index contributed by atoms with van der Waals surface area (Å²) >= 11 is 0. The first kappa shape index (κ1) is 17.0. The molecule has 0 aliphatic carbocycles. The summed E-state index contributed by atoms with van der Waals surface area (Å²) in [7, 11) is 1.75. The largest absolute Gasteiger partial charge is 0.341 e. The van der Waals surface area contributed by atoms with Crippen LogP contribution in [0.25, 0.3) is 0 Å². The number of hydrogen-bond donors (Lipinski definition) is 1. The first-order chi connectivity index (χ1) is 12.1. The lowest BCUT2D eigenvalue weighted by Crippen LogP contribution is -2.38. The van der Waals surface area contributed by atoms with Crippen LogP contribution >= 0.6 is 0 Å². The Balaban J connectivity index is 1.79. The number of rotatable bonds is 4. The van der Waals surface area contributed by atoms with Crippen molar-refractivity contribution >= 4 is 11.8 Å². The maximum absolute atomic E-state index is 12.7. The van der Waals surface area contributed by atoms with Crippen LogP contribution < -0.4 is 5.32 Å². The molecule has 0 radical (unpaired) electrons. The van der Waals surface area contributed by atoms with Gasteiger partial charge in [0.1, 0.15) is 12.2 Å². The summed E-state index contributed by atoms with van der Waals surface area (Å²) in [5, 5.41) is 6.79. The molecule has 132 valence electrons. The molecule has 1 fully saturated rings. The van der Waals surface area contributed by atoms with Gasteiger partial charge in [-0.3, -0.25) is 14.3 Å². The highest BCUT2D eigenvalue weighted by atomic mass is 16.2. The fraction of sp³-hybridized carbons (Fsp3) is 0.500. The molecule has 2 aromatic heterocycles. The molecule has 0 saturated carbocycles. The third-order valence-electron chi connectivity index (χ3n) is 4.24. The zero-order valence-corrected chi connectivity index (χ0v) is 14.3. The van der Waals surface area contributed by atoms with Crippen molar-refractivity contribution in [3.05, 3.63) is 35.9 Å². The zero-order chi connectivity index (χ0) is 17.8. The van der Waals surface area contributed by atoms with E-state index in [0.717, 1.165) is 19.3 Å². The normalized spacial score (nSPS) is 15.7. The number of amides is 2. The SMILES string of the molecule is C[C@@H](NC(=O)c1nccnc1C(=O)N1CCCCC1)c1ncnn1C. The first-order valence-corrected chi connectivity index (χ1v) is 8.33. The molecule has 1 aliphatic rings. The number of carbonyl (C=O) groups is 2. The number of likely N-dealkylation sites (tertiary alicyclic amines) is 1. The summed E-state index contributed by atoms with van der Waals surface area (Å²) in [5.74, 6) is -0.0885. The van der Waals surface area contributed by atoms with Crippen molar-refractivity contribution in [1.82, 2.24) is 34.9 Å². The maximum Gasteiger partial charge on any atom is 0.274 e. The number of aromatic nitrogens is 5. The number of hydrogen-bond acceptors (Lipinski definition) is 6. The molecule has 3 heterocycles. The fourth-order valence-corrected chi connectivity index (χ4v) is 2.93. The summed E-state index contributed by atoms with van der Waals surface area (Å²) in [4.78, 5) is 39.4. The summed E-state index contributed by atoms with van der Waals surface area (Å²) in [5.41, 5.74) is 0.124. The van der Waals surface area contributed by atoms with Gasteiger partial charge in [-0.15, -0.1) is 0 Å². The molecule has 0 unspecified atom stereocenters. The van der Waals surface area contributed by atoms with E-state index in [1.165, 1.54) is 18.7 Å². The van der Waals surface area contributed by atoms with Gasteiger partial charge >= 0.3 is 0 Å². The van der Waals surface area contributed by atoms with E-state index < -0.39 is 5.91 Å². The van der Waals surface area contributed by atoms with E-state index >= 15 is 0 Å². The van der Waals surface area contributed by atoms with Gasteiger partial charge in [-0.05, 0) is 26.2 Å². The monoisotopic (exact) mass is 343 g/mol. The van der Waals surface area contributed by atoms with Crippen molar-refractivity contribution in [2.75, 3.05) is 13.1 Å². The van der Waals surface area contributed by atoms with E-state index in [-0.39, 0.29) is 23.3 Å². The van der Waals surface area contributed by atoms with Crippen LogP contribution in [0.5, 0.6) is 0 Å². The summed E-state index contributed by atoms with van der Waals surface area (Å²) in [6.07, 6.45) is 7.32. The van der Waals surface area contributed by atoms with Gasteiger partial charge < -0.3 is 10.2 Å². The van der Waals surface area contributed by atoms with Gasteiger partial charge in [-0.25, -0.2) is 15.0 Å². The van der Waals surface area contributed by atoms with Gasteiger partial charge in [-0.2, -0.15) is 5.10 Å². The topological polar surface area (TPSA) is 106 Å². The number of aryl methyl sites for hydroxylation is 1. The second kappa shape index (κ2) is 7.37. The van der Waals surface area contributed by atoms with Crippen LogP contribution in [0.4, 0.5) is 0 Å². The highest BCUT2D eigenvalue weighted by Gasteiger charge is 2.26. The Hall–Kier alpha value is -2.84. The molecular formula is C16H21N7O2. The minimum atomic E-state index is -0.455. The Morgan fingerprint density at radius 2 is 1.76 bits per heavy atom. The summed E-state index contributed by atoms with van der Waals surface area (Å²) in [6, 6.07) is -0.375. The molecule has 0 bridgehead atoms. The summed E-state index contributed by atoms with van der Waals surface area (Å²) in [6.45, 7) is 3.17. The predicted molar refractivity (Wildman–Crippen MR) is 88.7 cm³/mol. The minimum Gasteiger partial charge on any atom is -0.341 e. The average Bonchev–Trinajstić information content (AvgIpc) is 3.08. The smallest absolute Gasteiger partial charge is 0.274 e. The van der Waals surface area contributed by atoms with E-state index in [4.69, 9.17) is 0 Å². The van der Waals surface area contributed by atoms with Crippen LogP contribution in [0.1, 0.15) is 59.0 Å². The number of piperidine rings is 1. The Labute approximate surface area is 145 Å². The molecule has 0 aromatic carbocycles. The highest BCUT2D eigenvalue weighted by Crippen LogP contribution is 2.15. The second-order valence-corrected chi connectivity index (χ2v) is 6.04. The number of nitrogens with one attached hydrogen (secondary N) is 1. The third kappa shape index (κ3) is 3.65. The molecule has 1 atom stereocenters. The maximum atomic E-state index is 12.7. The molecule has 25 heavy (non-hydrogen) atoms. The Morgan fingerprint density at radius 1 is 1.08 bits per heavy atom. The predicted octanol–water partition coefficient (Wildman–Crippen LogP) is 0.722. The molecule has 0 spiro atoms. The molecule has 1 saturated heterocycles. The van der Waals surface area contributed by atoms with Crippen molar-refractivity contribution < 1.29 is 9.59 Å². The summed E-state index contributed by atoms with van der Waals surface area (Å²) < 4.78 is 1.58. The van der Waals surface area contributed by atoms with Gasteiger partial charge in [0.2, 0.25) is 0 Å². The van der Waals surface area contributed by atoms with Gasteiger partial charge in [0.15, 0.2) is 11.4 Å². The van der Waals surface area contributed by atoms with E-state index in [2.05, 4.69) is 25.4 Å². The van der Waals surface area contributed by atoms with Crippen LogP contribution in [-0.4, -0.2) is 54.5 Å². The van der Waals surface area contributed by atoms with Gasteiger partial charge in [0.25, 0.3) is 11.8 Å². The van der Waals surface area contributed by atoms with Gasteiger partial charge in [0.05, 0.1) is 6.04 Å². The second-order valence-electron chi connectivity index (χ2n) is 6.04. The van der Waals surface area contributed by atoms with Crippen LogP contribution in [0.2, 0.25) is 0 Å². The Bertz CT molecular complexity index is 767. The number of nitrogens with zero attached hydrogens (tertiary/aromatic N) is 6. The number of carbonyl (C=O) groups excluding carboxylic acids is 2.